The molecule has 1 atom stereocenters. The van der Waals surface area contributed by atoms with Crippen molar-refractivity contribution in [2.45, 2.75) is 6.92 Å². The van der Waals surface area contributed by atoms with E-state index in [0.29, 0.717) is 0 Å². The SMILES string of the molecule is C[C]C(C#N)C(=O)O. The zero-order valence-corrected chi connectivity index (χ0v) is 4.38. The van der Waals surface area contributed by atoms with E-state index in [9.17, 15) is 4.79 Å². The first-order valence-electron chi connectivity index (χ1n) is 2.02. The number of rotatable bonds is 2. The van der Waals surface area contributed by atoms with Crippen molar-refractivity contribution < 1.29 is 9.90 Å². The number of carboxylic acids is 1. The van der Waals surface area contributed by atoms with Gasteiger partial charge in [-0.1, -0.05) is 6.92 Å². The molecule has 0 heterocycles. The fourth-order valence-corrected chi connectivity index (χ4v) is 0.243. The van der Waals surface area contributed by atoms with Crippen LogP contribution in [0.4, 0.5) is 0 Å². The predicted octanol–water partition coefficient (Wildman–Crippen LogP) is 0.312. The van der Waals surface area contributed by atoms with Crippen LogP contribution in [0.5, 0.6) is 0 Å². The van der Waals surface area contributed by atoms with Gasteiger partial charge in [-0.15, -0.1) is 0 Å². The summed E-state index contributed by atoms with van der Waals surface area (Å²) in [6.45, 7) is 1.42. The second-order valence-corrected chi connectivity index (χ2v) is 1.19. The van der Waals surface area contributed by atoms with Crippen LogP contribution >= 0.6 is 0 Å². The summed E-state index contributed by atoms with van der Waals surface area (Å²) in [6.07, 6.45) is 2.29. The Morgan fingerprint density at radius 2 is 2.38 bits per heavy atom. The number of nitrogens with zero attached hydrogens (tertiary/aromatic N) is 1. The maximum absolute atomic E-state index is 9.88. The second kappa shape index (κ2) is 3.03. The lowest BCUT2D eigenvalue weighted by Gasteiger charge is -1.92. The molecule has 0 saturated heterocycles. The van der Waals surface area contributed by atoms with Crippen LogP contribution in [0.25, 0.3) is 0 Å². The summed E-state index contributed by atoms with van der Waals surface area (Å²) in [4.78, 5) is 9.88. The molecule has 0 saturated carbocycles. The molecule has 0 aliphatic rings. The molecule has 0 spiro atoms. The van der Waals surface area contributed by atoms with Crippen LogP contribution in [0, 0.1) is 23.7 Å². The molecule has 3 nitrogen and oxygen atoms in total. The first kappa shape index (κ1) is 6.96. The zero-order chi connectivity index (χ0) is 6.57. The number of nitriles is 1. The van der Waals surface area contributed by atoms with Crippen molar-refractivity contribution in [2.75, 3.05) is 0 Å². The van der Waals surface area contributed by atoms with E-state index in [4.69, 9.17) is 10.4 Å². The molecule has 0 aromatic heterocycles. The van der Waals surface area contributed by atoms with Gasteiger partial charge in [0, 0.05) is 6.42 Å². The Kier molecular flexibility index (Phi) is 2.63. The third kappa shape index (κ3) is 1.61. The Balaban J connectivity index is 3.76. The van der Waals surface area contributed by atoms with Gasteiger partial charge in [0.1, 0.15) is 5.92 Å². The molecule has 0 rings (SSSR count). The van der Waals surface area contributed by atoms with Crippen LogP contribution in [0.15, 0.2) is 0 Å². The summed E-state index contributed by atoms with van der Waals surface area (Å²) in [5, 5.41) is 16.1. The lowest BCUT2D eigenvalue weighted by molar-refractivity contribution is -0.138. The molecule has 0 aliphatic carbocycles. The average molecular weight is 111 g/mol. The Morgan fingerprint density at radius 1 is 1.88 bits per heavy atom. The van der Waals surface area contributed by atoms with Crippen molar-refractivity contribution in [3.8, 4) is 6.07 Å². The molecule has 1 unspecified atom stereocenters. The highest BCUT2D eigenvalue weighted by Crippen LogP contribution is 1.96. The summed E-state index contributed by atoms with van der Waals surface area (Å²) in [5.74, 6) is -2.22. The van der Waals surface area contributed by atoms with Crippen molar-refractivity contribution in [2.24, 2.45) is 5.92 Å². The molecular formula is C5H5NO2. The second-order valence-electron chi connectivity index (χ2n) is 1.19. The number of hydrogen-bond donors (Lipinski definition) is 1. The van der Waals surface area contributed by atoms with Gasteiger partial charge in [-0.2, -0.15) is 5.26 Å². The zero-order valence-electron chi connectivity index (χ0n) is 4.38. The Morgan fingerprint density at radius 3 is 2.38 bits per heavy atom. The molecule has 8 heavy (non-hydrogen) atoms. The van der Waals surface area contributed by atoms with Gasteiger partial charge in [-0.05, 0) is 0 Å². The minimum absolute atomic E-state index is 1.07. The number of carboxylic acid groups (broad SMARTS) is 1. The van der Waals surface area contributed by atoms with Crippen molar-refractivity contribution in [3.63, 3.8) is 0 Å². The van der Waals surface area contributed by atoms with Crippen LogP contribution in [0.3, 0.4) is 0 Å². The molecule has 0 amide bonds. The van der Waals surface area contributed by atoms with Gasteiger partial charge in [0.15, 0.2) is 0 Å². The highest BCUT2D eigenvalue weighted by atomic mass is 16.4. The Bertz CT molecular complexity index is 125. The van der Waals surface area contributed by atoms with Crippen molar-refractivity contribution in [1.29, 1.82) is 5.26 Å². The van der Waals surface area contributed by atoms with Crippen LogP contribution in [-0.2, 0) is 4.79 Å². The van der Waals surface area contributed by atoms with E-state index in [0.717, 1.165) is 0 Å². The van der Waals surface area contributed by atoms with Crippen molar-refractivity contribution in [3.05, 3.63) is 6.42 Å². The highest BCUT2D eigenvalue weighted by molar-refractivity contribution is 5.74. The normalized spacial score (nSPS) is 12.0. The molecule has 42 valence electrons. The third-order valence-electron chi connectivity index (χ3n) is 0.665. The lowest BCUT2D eigenvalue weighted by Crippen LogP contribution is -2.09. The quantitative estimate of drug-likeness (QED) is 0.557. The predicted molar refractivity (Wildman–Crippen MR) is 25.7 cm³/mol. The number of carbonyl (C=O) groups is 1. The molecule has 0 aliphatic heterocycles. The molecule has 1 N–H and O–H groups in total. The van der Waals surface area contributed by atoms with E-state index >= 15 is 0 Å². The average Bonchev–Trinajstić information content (AvgIpc) is 1.69. The van der Waals surface area contributed by atoms with Crippen molar-refractivity contribution in [1.82, 2.24) is 0 Å². The maximum Gasteiger partial charge on any atom is 0.321 e. The van der Waals surface area contributed by atoms with E-state index in [-0.39, 0.29) is 0 Å². The largest absolute Gasteiger partial charge is 0.480 e. The molecular weight excluding hydrogens is 106 g/mol. The highest BCUT2D eigenvalue weighted by Gasteiger charge is 2.12. The monoisotopic (exact) mass is 111 g/mol. The van der Waals surface area contributed by atoms with Gasteiger partial charge < -0.3 is 5.11 Å². The number of hydrogen-bond acceptors (Lipinski definition) is 2. The van der Waals surface area contributed by atoms with Gasteiger partial charge in [-0.25, -0.2) is 0 Å². The Hall–Kier alpha value is -1.04. The number of aliphatic carboxylic acids is 1. The van der Waals surface area contributed by atoms with Gasteiger partial charge in [0.05, 0.1) is 6.07 Å². The Labute approximate surface area is 47.5 Å². The minimum atomic E-state index is -1.14. The summed E-state index contributed by atoms with van der Waals surface area (Å²) in [7, 11) is 0. The van der Waals surface area contributed by atoms with E-state index in [1.807, 2.05) is 0 Å². The molecule has 3 heteroatoms. The standard InChI is InChI=1S/C5H5NO2/c1-2-4(3-6)5(7)8/h4H,1H3,(H,7,8). The lowest BCUT2D eigenvalue weighted by atomic mass is 10.1. The van der Waals surface area contributed by atoms with Gasteiger partial charge >= 0.3 is 5.97 Å². The van der Waals surface area contributed by atoms with Crippen LogP contribution in [-0.4, -0.2) is 11.1 Å². The van der Waals surface area contributed by atoms with Gasteiger partial charge in [0.2, 0.25) is 0 Å². The summed E-state index contributed by atoms with van der Waals surface area (Å²) < 4.78 is 0. The minimum Gasteiger partial charge on any atom is -0.480 e. The van der Waals surface area contributed by atoms with Crippen LogP contribution < -0.4 is 0 Å². The van der Waals surface area contributed by atoms with E-state index in [1.165, 1.54) is 6.92 Å². The summed E-state index contributed by atoms with van der Waals surface area (Å²) >= 11 is 0. The molecule has 0 bridgehead atoms. The van der Waals surface area contributed by atoms with Crippen molar-refractivity contribution >= 4 is 5.97 Å². The molecule has 0 aromatic carbocycles. The fourth-order valence-electron chi connectivity index (χ4n) is 0.243. The van der Waals surface area contributed by atoms with E-state index in [2.05, 4.69) is 6.42 Å². The smallest absolute Gasteiger partial charge is 0.321 e. The van der Waals surface area contributed by atoms with Crippen LogP contribution in [0.2, 0.25) is 0 Å². The van der Waals surface area contributed by atoms with E-state index in [1.54, 1.807) is 6.07 Å². The maximum atomic E-state index is 9.88. The summed E-state index contributed by atoms with van der Waals surface area (Å²) in [5.41, 5.74) is 0. The van der Waals surface area contributed by atoms with Gasteiger partial charge in [-0.3, -0.25) is 4.79 Å². The molecule has 0 fully saturated rings. The van der Waals surface area contributed by atoms with Gasteiger partial charge in [0.25, 0.3) is 0 Å². The summed E-state index contributed by atoms with van der Waals surface area (Å²) in [6, 6.07) is 1.54. The van der Waals surface area contributed by atoms with E-state index < -0.39 is 11.9 Å². The topological polar surface area (TPSA) is 61.1 Å². The molecule has 2 radical (unpaired) electrons. The first-order chi connectivity index (χ1) is 3.72. The molecule has 0 aromatic rings. The van der Waals surface area contributed by atoms with Crippen LogP contribution in [0.1, 0.15) is 6.92 Å². The third-order valence-corrected chi connectivity index (χ3v) is 0.665. The fraction of sp³-hybridized carbons (Fsp3) is 0.400. The first-order valence-corrected chi connectivity index (χ1v) is 2.02.